The molecule has 1 unspecified atom stereocenters. The molecule has 1 rings (SSSR count). The smallest absolute Gasteiger partial charge is 0.0624 e. The molecule has 0 amide bonds. The summed E-state index contributed by atoms with van der Waals surface area (Å²) in [5.41, 5.74) is 5.38. The zero-order valence-electron chi connectivity index (χ0n) is 12.9. The van der Waals surface area contributed by atoms with Crippen LogP contribution in [0.2, 0.25) is 0 Å². The van der Waals surface area contributed by atoms with Gasteiger partial charge in [0.1, 0.15) is 0 Å². The van der Waals surface area contributed by atoms with Gasteiger partial charge in [0.15, 0.2) is 0 Å². The van der Waals surface area contributed by atoms with Crippen molar-refractivity contribution in [2.45, 2.75) is 64.8 Å². The second kappa shape index (κ2) is 7.31. The van der Waals surface area contributed by atoms with Gasteiger partial charge in [0.05, 0.1) is 5.69 Å². The van der Waals surface area contributed by atoms with Gasteiger partial charge in [-0.25, -0.2) is 0 Å². The summed E-state index contributed by atoms with van der Waals surface area (Å²) < 4.78 is 2.36. The van der Waals surface area contributed by atoms with E-state index < -0.39 is 0 Å². The number of nitrogens with one attached hydrogen (secondary N) is 1. The number of aryl methyl sites for hydroxylation is 2. The van der Waals surface area contributed by atoms with E-state index in [4.69, 9.17) is 5.84 Å². The van der Waals surface area contributed by atoms with Crippen molar-refractivity contribution >= 4 is 11.8 Å². The molecule has 4 nitrogen and oxygen atoms in total. The Labute approximate surface area is 121 Å². The van der Waals surface area contributed by atoms with Gasteiger partial charge in [0.25, 0.3) is 0 Å². The second-order valence-corrected chi connectivity index (χ2v) is 7.63. The summed E-state index contributed by atoms with van der Waals surface area (Å²) in [6, 6.07) is 2.49. The number of rotatable bonds is 7. The van der Waals surface area contributed by atoms with E-state index in [1.54, 1.807) is 0 Å². The van der Waals surface area contributed by atoms with Crippen LogP contribution in [0.3, 0.4) is 0 Å². The van der Waals surface area contributed by atoms with E-state index in [1.165, 1.54) is 5.69 Å². The number of aromatic nitrogens is 2. The van der Waals surface area contributed by atoms with Crippen molar-refractivity contribution in [3.63, 3.8) is 0 Å². The topological polar surface area (TPSA) is 55.9 Å². The van der Waals surface area contributed by atoms with E-state index in [2.05, 4.69) is 55.9 Å². The fourth-order valence-electron chi connectivity index (χ4n) is 1.89. The van der Waals surface area contributed by atoms with Crippen LogP contribution in [0.4, 0.5) is 0 Å². The van der Waals surface area contributed by atoms with Crippen LogP contribution in [0.5, 0.6) is 0 Å². The highest BCUT2D eigenvalue weighted by Crippen LogP contribution is 2.24. The minimum absolute atomic E-state index is 0.272. The molecule has 0 spiro atoms. The van der Waals surface area contributed by atoms with E-state index in [9.17, 15) is 0 Å². The molecule has 1 atom stereocenters. The van der Waals surface area contributed by atoms with Gasteiger partial charge in [-0.1, -0.05) is 27.7 Å². The normalized spacial score (nSPS) is 13.8. The first kappa shape index (κ1) is 16.5. The van der Waals surface area contributed by atoms with Gasteiger partial charge in [-0.15, -0.1) is 0 Å². The first-order valence-electron chi connectivity index (χ1n) is 7.05. The lowest BCUT2D eigenvalue weighted by molar-refractivity contribution is 0.532. The predicted octanol–water partition coefficient (Wildman–Crippen LogP) is 2.37. The monoisotopic (exact) mass is 284 g/mol. The lowest BCUT2D eigenvalue weighted by atomic mass is 10.1. The van der Waals surface area contributed by atoms with Crippen LogP contribution in [0.25, 0.3) is 0 Å². The number of hydrazine groups is 1. The third-order valence-electron chi connectivity index (χ3n) is 2.98. The molecule has 0 fully saturated rings. The molecule has 0 saturated carbocycles. The molecule has 3 N–H and O–H groups in total. The van der Waals surface area contributed by atoms with Crippen molar-refractivity contribution in [2.75, 3.05) is 5.75 Å². The Kier molecular flexibility index (Phi) is 6.36. The van der Waals surface area contributed by atoms with Gasteiger partial charge in [-0.2, -0.15) is 16.9 Å². The van der Waals surface area contributed by atoms with E-state index in [0.29, 0.717) is 0 Å². The molecule has 19 heavy (non-hydrogen) atoms. The molecular formula is C14H28N4S. The lowest BCUT2D eigenvalue weighted by Gasteiger charge is -2.22. The van der Waals surface area contributed by atoms with Crippen molar-refractivity contribution in [2.24, 2.45) is 5.84 Å². The molecule has 5 heteroatoms. The number of nitrogens with zero attached hydrogens (tertiary/aromatic N) is 2. The summed E-state index contributed by atoms with van der Waals surface area (Å²) in [5.74, 6) is 6.70. The Morgan fingerprint density at radius 2 is 2.11 bits per heavy atom. The molecule has 0 radical (unpaired) electrons. The highest BCUT2D eigenvalue weighted by atomic mass is 32.2. The van der Waals surface area contributed by atoms with Gasteiger partial charge < -0.3 is 0 Å². The van der Waals surface area contributed by atoms with Crippen molar-refractivity contribution < 1.29 is 0 Å². The average molecular weight is 284 g/mol. The largest absolute Gasteiger partial charge is 0.271 e. The van der Waals surface area contributed by atoms with E-state index in [0.717, 1.165) is 30.8 Å². The summed E-state index contributed by atoms with van der Waals surface area (Å²) in [7, 11) is 0. The van der Waals surface area contributed by atoms with Crippen LogP contribution in [-0.4, -0.2) is 26.3 Å². The second-order valence-electron chi connectivity index (χ2n) is 5.79. The molecule has 110 valence electrons. The maximum absolute atomic E-state index is 5.69. The summed E-state index contributed by atoms with van der Waals surface area (Å²) in [6.07, 6.45) is 1.91. The van der Waals surface area contributed by atoms with Crippen LogP contribution in [0.15, 0.2) is 6.07 Å². The summed E-state index contributed by atoms with van der Waals surface area (Å²) >= 11 is 1.94. The Bertz CT molecular complexity index is 381. The van der Waals surface area contributed by atoms with Crippen LogP contribution >= 0.6 is 11.8 Å². The standard InChI is InChI=1S/C14H28N4S/c1-6-11-8-13(18(7-2)17-11)9-12(16-15)10-19-14(3,4)5/h8,12,16H,6-7,9-10,15H2,1-5H3. The third kappa shape index (κ3) is 5.55. The Hall–Kier alpha value is -0.520. The zero-order valence-corrected chi connectivity index (χ0v) is 13.7. The first-order chi connectivity index (χ1) is 8.89. The Balaban J connectivity index is 2.67. The van der Waals surface area contributed by atoms with Crippen molar-refractivity contribution in [3.8, 4) is 0 Å². The first-order valence-corrected chi connectivity index (χ1v) is 8.03. The minimum atomic E-state index is 0.272. The van der Waals surface area contributed by atoms with E-state index in [-0.39, 0.29) is 10.8 Å². The maximum atomic E-state index is 5.69. The molecule has 0 aliphatic rings. The number of hydrogen-bond donors (Lipinski definition) is 2. The van der Waals surface area contributed by atoms with Gasteiger partial charge in [0, 0.05) is 35.2 Å². The summed E-state index contributed by atoms with van der Waals surface area (Å²) in [4.78, 5) is 0. The molecule has 1 aromatic heterocycles. The Morgan fingerprint density at radius 3 is 2.58 bits per heavy atom. The molecule has 0 bridgehead atoms. The molecule has 0 aliphatic heterocycles. The van der Waals surface area contributed by atoms with Crippen molar-refractivity contribution in [3.05, 3.63) is 17.5 Å². The molecule has 0 aliphatic carbocycles. The molecule has 0 saturated heterocycles. The number of thioether (sulfide) groups is 1. The third-order valence-corrected chi connectivity index (χ3v) is 4.42. The van der Waals surface area contributed by atoms with Gasteiger partial charge in [-0.05, 0) is 19.4 Å². The highest BCUT2D eigenvalue weighted by molar-refractivity contribution is 8.00. The van der Waals surface area contributed by atoms with Crippen molar-refractivity contribution in [1.29, 1.82) is 0 Å². The molecule has 0 aromatic carbocycles. The van der Waals surface area contributed by atoms with Crippen molar-refractivity contribution in [1.82, 2.24) is 15.2 Å². The molecule has 1 heterocycles. The van der Waals surface area contributed by atoms with Gasteiger partial charge >= 0.3 is 0 Å². The lowest BCUT2D eigenvalue weighted by Crippen LogP contribution is -2.40. The van der Waals surface area contributed by atoms with Crippen LogP contribution < -0.4 is 11.3 Å². The van der Waals surface area contributed by atoms with Crippen LogP contribution in [0, 0.1) is 0 Å². The SMILES string of the molecule is CCc1cc(CC(CSC(C)(C)C)NN)n(CC)n1. The van der Waals surface area contributed by atoms with E-state index >= 15 is 0 Å². The average Bonchev–Trinajstić information content (AvgIpc) is 2.75. The summed E-state index contributed by atoms with van der Waals surface area (Å²) in [5, 5.41) is 4.58. The molecular weight excluding hydrogens is 256 g/mol. The fourth-order valence-corrected chi connectivity index (χ4v) is 2.81. The van der Waals surface area contributed by atoms with Gasteiger partial charge in [0.2, 0.25) is 0 Å². The van der Waals surface area contributed by atoms with Crippen LogP contribution in [0.1, 0.15) is 46.0 Å². The number of hydrogen-bond acceptors (Lipinski definition) is 4. The quantitative estimate of drug-likeness (QED) is 0.596. The fraction of sp³-hybridized carbons (Fsp3) is 0.786. The number of nitrogens with two attached hydrogens (primary N) is 1. The van der Waals surface area contributed by atoms with Gasteiger partial charge in [-0.3, -0.25) is 16.0 Å². The van der Waals surface area contributed by atoms with Crippen LogP contribution in [-0.2, 0) is 19.4 Å². The Morgan fingerprint density at radius 1 is 1.42 bits per heavy atom. The minimum Gasteiger partial charge on any atom is -0.271 e. The van der Waals surface area contributed by atoms with E-state index in [1.807, 2.05) is 11.8 Å². The predicted molar refractivity (Wildman–Crippen MR) is 84.3 cm³/mol. The highest BCUT2D eigenvalue weighted by Gasteiger charge is 2.17. The zero-order chi connectivity index (χ0) is 14.5. The summed E-state index contributed by atoms with van der Waals surface area (Å²) in [6.45, 7) is 11.9. The molecule has 1 aromatic rings. The maximum Gasteiger partial charge on any atom is 0.0624 e.